The highest BCUT2D eigenvalue weighted by Gasteiger charge is 2.26. The van der Waals surface area contributed by atoms with Gasteiger partial charge in [-0.1, -0.05) is 18.2 Å². The Bertz CT molecular complexity index is 745. The van der Waals surface area contributed by atoms with E-state index in [1.807, 2.05) is 30.5 Å². The third-order valence-electron chi connectivity index (χ3n) is 4.39. The van der Waals surface area contributed by atoms with Gasteiger partial charge in [0.25, 0.3) is 5.91 Å². The lowest BCUT2D eigenvalue weighted by Gasteiger charge is -2.34. The average Bonchev–Trinajstić information content (AvgIpc) is 3.10. The quantitative estimate of drug-likeness (QED) is 0.938. The summed E-state index contributed by atoms with van der Waals surface area (Å²) in [6.45, 7) is 3.82. The SMILES string of the molecule is COc1ccccc1-c1c[nH]cc1C(=O)N1CCN(C(C)=O)CC1. The Morgan fingerprint density at radius 3 is 2.33 bits per heavy atom. The number of aromatic amines is 1. The van der Waals surface area contributed by atoms with Crippen LogP contribution in [0.1, 0.15) is 17.3 Å². The molecule has 24 heavy (non-hydrogen) atoms. The summed E-state index contributed by atoms with van der Waals surface area (Å²) in [7, 11) is 1.62. The number of hydrogen-bond acceptors (Lipinski definition) is 3. The van der Waals surface area contributed by atoms with Gasteiger partial charge in [-0.05, 0) is 6.07 Å². The van der Waals surface area contributed by atoms with Crippen molar-refractivity contribution >= 4 is 11.8 Å². The zero-order chi connectivity index (χ0) is 17.1. The van der Waals surface area contributed by atoms with Crippen LogP contribution in [0.3, 0.4) is 0 Å². The molecule has 1 aromatic carbocycles. The molecular weight excluding hydrogens is 306 g/mol. The van der Waals surface area contributed by atoms with Crippen molar-refractivity contribution in [1.29, 1.82) is 0 Å². The van der Waals surface area contributed by atoms with E-state index < -0.39 is 0 Å². The fraction of sp³-hybridized carbons (Fsp3) is 0.333. The minimum Gasteiger partial charge on any atom is -0.496 e. The molecule has 2 aromatic rings. The molecule has 0 bridgehead atoms. The number of rotatable bonds is 3. The number of carbonyl (C=O) groups excluding carboxylic acids is 2. The number of benzene rings is 1. The molecule has 6 nitrogen and oxygen atoms in total. The molecule has 3 rings (SSSR count). The molecule has 1 saturated heterocycles. The predicted molar refractivity (Wildman–Crippen MR) is 90.9 cm³/mol. The van der Waals surface area contributed by atoms with Gasteiger partial charge >= 0.3 is 0 Å². The maximum absolute atomic E-state index is 12.9. The number of para-hydroxylation sites is 1. The molecule has 2 heterocycles. The summed E-state index contributed by atoms with van der Waals surface area (Å²) in [5, 5.41) is 0. The Morgan fingerprint density at radius 2 is 1.67 bits per heavy atom. The highest BCUT2D eigenvalue weighted by molar-refractivity contribution is 6.01. The second kappa shape index (κ2) is 6.78. The van der Waals surface area contributed by atoms with Crippen LogP contribution in [0.4, 0.5) is 0 Å². The van der Waals surface area contributed by atoms with E-state index in [1.54, 1.807) is 30.0 Å². The minimum absolute atomic E-state index is 0.0274. The predicted octanol–water partition coefficient (Wildman–Crippen LogP) is 1.99. The third-order valence-corrected chi connectivity index (χ3v) is 4.39. The van der Waals surface area contributed by atoms with Crippen molar-refractivity contribution in [3.63, 3.8) is 0 Å². The van der Waals surface area contributed by atoms with Gasteiger partial charge in [0.2, 0.25) is 5.91 Å². The van der Waals surface area contributed by atoms with Gasteiger partial charge < -0.3 is 19.5 Å². The van der Waals surface area contributed by atoms with Crippen LogP contribution in [-0.4, -0.2) is 59.9 Å². The number of hydrogen-bond donors (Lipinski definition) is 1. The first-order valence-electron chi connectivity index (χ1n) is 7.96. The van der Waals surface area contributed by atoms with Gasteiger partial charge in [-0.15, -0.1) is 0 Å². The van der Waals surface area contributed by atoms with Crippen molar-refractivity contribution in [2.24, 2.45) is 0 Å². The van der Waals surface area contributed by atoms with E-state index in [2.05, 4.69) is 4.98 Å². The largest absolute Gasteiger partial charge is 0.496 e. The summed E-state index contributed by atoms with van der Waals surface area (Å²) < 4.78 is 5.41. The number of aromatic nitrogens is 1. The zero-order valence-corrected chi connectivity index (χ0v) is 13.9. The molecular formula is C18H21N3O3. The number of amides is 2. The molecule has 0 spiro atoms. The summed E-state index contributed by atoms with van der Waals surface area (Å²) in [5.74, 6) is 0.756. The van der Waals surface area contributed by atoms with E-state index in [9.17, 15) is 9.59 Å². The van der Waals surface area contributed by atoms with Crippen molar-refractivity contribution in [1.82, 2.24) is 14.8 Å². The van der Waals surface area contributed by atoms with Crippen LogP contribution in [0.15, 0.2) is 36.7 Å². The normalized spacial score (nSPS) is 14.6. The van der Waals surface area contributed by atoms with Gasteiger partial charge in [0, 0.05) is 56.6 Å². The standard InChI is InChI=1S/C18H21N3O3/c1-13(22)20-7-9-21(10-8-20)18(23)16-12-19-11-15(16)14-5-3-4-6-17(14)24-2/h3-6,11-12,19H,7-10H2,1-2H3. The van der Waals surface area contributed by atoms with E-state index in [0.29, 0.717) is 31.7 Å². The molecule has 1 aliphatic rings. The molecule has 0 radical (unpaired) electrons. The number of ether oxygens (including phenoxy) is 1. The number of H-pyrrole nitrogens is 1. The molecule has 0 aliphatic carbocycles. The number of methoxy groups -OCH3 is 1. The first-order chi connectivity index (χ1) is 11.6. The smallest absolute Gasteiger partial charge is 0.256 e. The molecule has 1 aromatic heterocycles. The molecule has 0 saturated carbocycles. The van der Waals surface area contributed by atoms with Crippen LogP contribution in [-0.2, 0) is 4.79 Å². The third kappa shape index (κ3) is 2.99. The summed E-state index contributed by atoms with van der Waals surface area (Å²) in [5.41, 5.74) is 2.33. The van der Waals surface area contributed by atoms with Gasteiger partial charge in [0.1, 0.15) is 5.75 Å². The highest BCUT2D eigenvalue weighted by atomic mass is 16.5. The van der Waals surface area contributed by atoms with E-state index >= 15 is 0 Å². The van der Waals surface area contributed by atoms with E-state index in [0.717, 1.165) is 16.9 Å². The molecule has 0 atom stereocenters. The maximum Gasteiger partial charge on any atom is 0.256 e. The van der Waals surface area contributed by atoms with E-state index in [-0.39, 0.29) is 11.8 Å². The van der Waals surface area contributed by atoms with Crippen LogP contribution in [0.2, 0.25) is 0 Å². The number of piperazine rings is 1. The van der Waals surface area contributed by atoms with E-state index in [4.69, 9.17) is 4.74 Å². The Hall–Kier alpha value is -2.76. The highest BCUT2D eigenvalue weighted by Crippen LogP contribution is 2.32. The van der Waals surface area contributed by atoms with Crippen LogP contribution >= 0.6 is 0 Å². The summed E-state index contributed by atoms with van der Waals surface area (Å²) >= 11 is 0. The fourth-order valence-corrected chi connectivity index (χ4v) is 3.03. The molecule has 126 valence electrons. The summed E-state index contributed by atoms with van der Waals surface area (Å²) in [4.78, 5) is 30.9. The first kappa shape index (κ1) is 16.1. The minimum atomic E-state index is -0.0274. The van der Waals surface area contributed by atoms with E-state index in [1.165, 1.54) is 0 Å². The maximum atomic E-state index is 12.9. The van der Waals surface area contributed by atoms with Crippen LogP contribution in [0, 0.1) is 0 Å². The van der Waals surface area contributed by atoms with Crippen molar-refractivity contribution in [2.45, 2.75) is 6.92 Å². The van der Waals surface area contributed by atoms with Gasteiger partial charge in [-0.2, -0.15) is 0 Å². The molecule has 1 N–H and O–H groups in total. The van der Waals surface area contributed by atoms with Crippen molar-refractivity contribution in [2.75, 3.05) is 33.3 Å². The van der Waals surface area contributed by atoms with Crippen LogP contribution in [0.5, 0.6) is 5.75 Å². The molecule has 0 unspecified atom stereocenters. The molecule has 2 amide bonds. The monoisotopic (exact) mass is 327 g/mol. The number of carbonyl (C=O) groups is 2. The van der Waals surface area contributed by atoms with Gasteiger partial charge in [-0.3, -0.25) is 9.59 Å². The summed E-state index contributed by atoms with van der Waals surface area (Å²) in [6, 6.07) is 7.64. The number of nitrogens with zero attached hydrogens (tertiary/aromatic N) is 2. The fourth-order valence-electron chi connectivity index (χ4n) is 3.03. The summed E-state index contributed by atoms with van der Waals surface area (Å²) in [6.07, 6.45) is 3.54. The first-order valence-corrected chi connectivity index (χ1v) is 7.96. The topological polar surface area (TPSA) is 65.6 Å². The average molecular weight is 327 g/mol. The van der Waals surface area contributed by atoms with Gasteiger partial charge in [-0.25, -0.2) is 0 Å². The van der Waals surface area contributed by atoms with Crippen molar-refractivity contribution in [3.8, 4) is 16.9 Å². The lowest BCUT2D eigenvalue weighted by atomic mass is 10.0. The Morgan fingerprint density at radius 1 is 1.00 bits per heavy atom. The lowest BCUT2D eigenvalue weighted by Crippen LogP contribution is -2.50. The Labute approximate surface area is 141 Å². The van der Waals surface area contributed by atoms with Crippen LogP contribution in [0.25, 0.3) is 11.1 Å². The Balaban J connectivity index is 1.83. The zero-order valence-electron chi connectivity index (χ0n) is 13.9. The van der Waals surface area contributed by atoms with Gasteiger partial charge in [0.15, 0.2) is 0 Å². The lowest BCUT2D eigenvalue weighted by molar-refractivity contribution is -0.130. The second-order valence-corrected chi connectivity index (χ2v) is 5.78. The molecule has 6 heteroatoms. The van der Waals surface area contributed by atoms with Crippen LogP contribution < -0.4 is 4.74 Å². The second-order valence-electron chi connectivity index (χ2n) is 5.78. The van der Waals surface area contributed by atoms with Crippen molar-refractivity contribution < 1.29 is 14.3 Å². The van der Waals surface area contributed by atoms with Crippen molar-refractivity contribution in [3.05, 3.63) is 42.2 Å². The molecule has 1 aliphatic heterocycles. The van der Waals surface area contributed by atoms with Gasteiger partial charge in [0.05, 0.1) is 12.7 Å². The number of nitrogens with one attached hydrogen (secondary N) is 1. The Kier molecular flexibility index (Phi) is 4.55. The molecule has 1 fully saturated rings.